The third kappa shape index (κ3) is 23.1. The van der Waals surface area contributed by atoms with Gasteiger partial charge in [0.1, 0.15) is 67.1 Å². The van der Waals surface area contributed by atoms with Crippen LogP contribution in [0.1, 0.15) is 106 Å². The van der Waals surface area contributed by atoms with E-state index in [0.29, 0.717) is 18.4 Å². The first-order valence-corrected chi connectivity index (χ1v) is 74.8. The van der Waals surface area contributed by atoms with E-state index in [2.05, 4.69) is 244 Å². The van der Waals surface area contributed by atoms with Crippen LogP contribution in [-0.2, 0) is 82.3 Å². The van der Waals surface area contributed by atoms with Gasteiger partial charge in [-0.15, -0.1) is 0 Å². The number of esters is 1. The molecule has 19 nitrogen and oxygen atoms in total. The topological polar surface area (TPSA) is 202 Å². The Bertz CT molecular complexity index is 3020. The van der Waals surface area contributed by atoms with Gasteiger partial charge in [-0.3, -0.25) is 4.79 Å². The molecule has 8 aliphatic rings. The minimum atomic E-state index is -2.59. The van der Waals surface area contributed by atoms with E-state index in [-0.39, 0.29) is 46.8 Å². The van der Waals surface area contributed by atoms with E-state index in [0.717, 1.165) is 64.2 Å². The molecule has 8 rings (SSSR count). The van der Waals surface area contributed by atoms with Gasteiger partial charge in [0, 0.05) is 0 Å². The lowest BCUT2D eigenvalue weighted by molar-refractivity contribution is -0.358. The van der Waals surface area contributed by atoms with E-state index in [1.807, 2.05) is 0 Å². The molecule has 0 radical (unpaired) electrons. The van der Waals surface area contributed by atoms with Crippen LogP contribution in [0.2, 0.25) is 196 Å². The number of carboxylic acid groups (broad SMARTS) is 1. The third-order valence-electron chi connectivity index (χ3n) is 23.2. The van der Waals surface area contributed by atoms with Crippen LogP contribution in [0.4, 0.5) is 0 Å². The summed E-state index contributed by atoms with van der Waals surface area (Å²) in [5, 5.41) is 11.6. The number of fused-ring (bicyclic) bond motifs is 7. The quantitative estimate of drug-likeness (QED) is 0.0320. The number of hydrogen-bond acceptors (Lipinski definition) is 18. The minimum Gasteiger partial charge on any atom is -0.479 e. The van der Waals surface area contributed by atoms with Crippen molar-refractivity contribution in [1.82, 2.24) is 0 Å². The summed E-state index contributed by atoms with van der Waals surface area (Å²) in [5.41, 5.74) is 0.214. The molecule has 106 heavy (non-hydrogen) atoms. The largest absolute Gasteiger partial charge is 0.479 e. The Hall–Kier alpha value is 0.249. The van der Waals surface area contributed by atoms with Crippen LogP contribution >= 0.6 is 0 Å². The van der Waals surface area contributed by atoms with E-state index in [9.17, 15) is 9.90 Å². The standard InChI is InChI=1S/C77H154O19Si10/c1-73(2)45-46-77(72(80)88-70-67(96-106(34,35)36)62(92-102(22,23)24)59(90-100(16,17)18)54(84-70)49-82-98(10,11)12)44-39-51-50(52(77)47-73)37-38-56-75(51,5)42-40-55-74(3,4)57(41-43-76(55,56)6)85-71-65(94-104(28,29)30)60(63(93-103(25,26)27)64(87-71)68(78)79)86-69-66(95-105(31,32)33)61(91-101(19,20)21)58(89-99(13,14)15)53(83-69)48-81-97(7,8)9/h37,51-67,69-71H,38-49H2,1-36H3,(H,78,79)/t51?,52-,53-,54-,55?,56+,57?,58-,59-,60+,61+,62+,63+,64+,65-,66-,67-,69+,70+,71-,75+,76+,77-/m1/s1. The van der Waals surface area contributed by atoms with Crippen molar-refractivity contribution >= 4 is 95.1 Å². The first-order chi connectivity index (χ1) is 47.6. The van der Waals surface area contributed by atoms with Gasteiger partial charge in [-0.2, -0.15) is 0 Å². The monoisotopic (exact) mass is 1660 g/mol. The Labute approximate surface area is 654 Å². The number of ether oxygens (including phenoxy) is 6. The molecule has 4 saturated carbocycles. The normalized spacial score (nSPS) is 38.7. The van der Waals surface area contributed by atoms with E-state index < -0.39 is 192 Å². The third-order valence-corrected chi connectivity index (χ3v) is 33.1. The average molecular weight is 1660 g/mol. The van der Waals surface area contributed by atoms with Gasteiger partial charge in [0.05, 0.1) is 24.7 Å². The zero-order valence-corrected chi connectivity index (χ0v) is 83.4. The Balaban J connectivity index is 1.14. The van der Waals surface area contributed by atoms with Gasteiger partial charge in [-0.05, 0) is 306 Å². The van der Waals surface area contributed by atoms with Crippen LogP contribution < -0.4 is 0 Å². The molecule has 5 aliphatic carbocycles. The fraction of sp³-hybridized carbons (Fsp3) is 0.948. The van der Waals surface area contributed by atoms with Crippen molar-refractivity contribution in [2.75, 3.05) is 13.2 Å². The summed E-state index contributed by atoms with van der Waals surface area (Å²) in [6, 6.07) is 0. The Morgan fingerprint density at radius 3 is 1.25 bits per heavy atom. The molecule has 0 amide bonds. The van der Waals surface area contributed by atoms with Gasteiger partial charge in [0.15, 0.2) is 102 Å². The smallest absolute Gasteiger partial charge is 0.335 e. The molecule has 23 atom stereocenters. The van der Waals surface area contributed by atoms with E-state index in [1.165, 1.54) is 5.57 Å². The zero-order chi connectivity index (χ0) is 80.3. The maximum atomic E-state index is 16.2. The van der Waals surface area contributed by atoms with Crippen LogP contribution in [-0.4, -0.2) is 212 Å². The van der Waals surface area contributed by atoms with Gasteiger partial charge in [-0.25, -0.2) is 4.79 Å². The molecule has 1 N–H and O–H groups in total. The number of carbonyl (C=O) groups excluding carboxylic acids is 1. The Morgan fingerprint density at radius 1 is 0.406 bits per heavy atom. The van der Waals surface area contributed by atoms with Crippen molar-refractivity contribution in [2.45, 2.75) is 400 Å². The summed E-state index contributed by atoms with van der Waals surface area (Å²) < 4.78 is 115. The number of aliphatic carboxylic acids is 1. The summed E-state index contributed by atoms with van der Waals surface area (Å²) in [7, 11) is -23.2. The molecule has 0 aromatic carbocycles. The minimum absolute atomic E-state index is 0.00370. The maximum absolute atomic E-state index is 16.2. The number of carboxylic acids is 1. The van der Waals surface area contributed by atoms with Crippen molar-refractivity contribution in [3.05, 3.63) is 11.6 Å². The molecule has 0 bridgehead atoms. The molecule has 0 spiro atoms. The fourth-order valence-corrected chi connectivity index (χ4v) is 29.5. The molecule has 29 heteroatoms. The average Bonchev–Trinajstić information content (AvgIpc) is 0.689. The predicted octanol–water partition coefficient (Wildman–Crippen LogP) is 18.4. The van der Waals surface area contributed by atoms with Crippen LogP contribution in [0.5, 0.6) is 0 Å². The van der Waals surface area contributed by atoms with Gasteiger partial charge in [0.25, 0.3) is 0 Å². The molecule has 0 aromatic heterocycles. The lowest BCUT2D eigenvalue weighted by Crippen LogP contribution is -2.70. The molecule has 3 unspecified atom stereocenters. The lowest BCUT2D eigenvalue weighted by atomic mass is 9.37. The number of rotatable bonds is 29. The molecule has 7 fully saturated rings. The van der Waals surface area contributed by atoms with E-state index >= 15 is 4.79 Å². The van der Waals surface area contributed by atoms with Gasteiger partial charge in [-0.1, -0.05) is 53.2 Å². The molecule has 616 valence electrons. The summed E-state index contributed by atoms with van der Waals surface area (Å²) in [6.07, 6.45) is -1.57. The number of allylic oxidation sites excluding steroid dienone is 2. The van der Waals surface area contributed by atoms with Crippen LogP contribution in [0, 0.1) is 50.7 Å². The van der Waals surface area contributed by atoms with Gasteiger partial charge in [0.2, 0.25) is 6.29 Å². The van der Waals surface area contributed by atoms with Crippen molar-refractivity contribution in [3.8, 4) is 0 Å². The summed E-state index contributed by atoms with van der Waals surface area (Å²) in [5.74, 6) is -0.435. The highest BCUT2D eigenvalue weighted by Crippen LogP contribution is 2.73. The summed E-state index contributed by atoms with van der Waals surface area (Å²) in [6.45, 7) is 80.4. The molecule has 3 heterocycles. The molecule has 3 aliphatic heterocycles. The molecule has 0 aromatic rings. The van der Waals surface area contributed by atoms with Crippen LogP contribution in [0.15, 0.2) is 11.6 Å². The highest BCUT2D eigenvalue weighted by molar-refractivity contribution is 6.73. The number of hydrogen-bond donors (Lipinski definition) is 1. The second kappa shape index (κ2) is 32.3. The van der Waals surface area contributed by atoms with E-state index in [1.54, 1.807) is 0 Å². The van der Waals surface area contributed by atoms with Crippen molar-refractivity contribution < 1.29 is 87.4 Å². The molecular weight excluding hydrogens is 1510 g/mol. The van der Waals surface area contributed by atoms with Crippen LogP contribution in [0.3, 0.4) is 0 Å². The van der Waals surface area contributed by atoms with Crippen molar-refractivity contribution in [2.24, 2.45) is 50.7 Å². The zero-order valence-electron chi connectivity index (χ0n) is 73.4. The van der Waals surface area contributed by atoms with Crippen molar-refractivity contribution in [1.29, 1.82) is 0 Å². The van der Waals surface area contributed by atoms with Gasteiger partial charge >= 0.3 is 11.9 Å². The second-order valence-electron chi connectivity index (χ2n) is 45.0. The molecule has 3 saturated heterocycles. The summed E-state index contributed by atoms with van der Waals surface area (Å²) in [4.78, 5) is 30.4. The van der Waals surface area contributed by atoms with Gasteiger partial charge < -0.3 is 77.8 Å². The SMILES string of the molecule is CC1(C)CC[C@]2(C(=O)O[C@@H]3O[C@H](CO[Si](C)(C)C)[C@@H](O[Si](C)(C)C)[C@H](O[Si](C)(C)C)[C@H]3O[Si](C)(C)C)CCC3C(=CC[C@H]4[C@@]3(C)CCC3C(C)(C)C(O[C@@H]5O[C@H](C(=O)O)[C@@H](O[Si](C)(C)C)[C@H](O[C@@H]6O[C@H](CO[Si](C)(C)C)[C@@H](O[Si](C)(C)C)[C@H](O[Si](C)(C)C)[C@H]6O[Si](C)(C)C)[C@H]5O[Si](C)(C)C)CC[C@@]34C)[C@H]2C1. The summed E-state index contributed by atoms with van der Waals surface area (Å²) >= 11 is 0. The number of carbonyl (C=O) groups is 2. The first kappa shape index (κ1) is 91.8. The Morgan fingerprint density at radius 2 is 0.802 bits per heavy atom. The van der Waals surface area contributed by atoms with Crippen molar-refractivity contribution in [3.63, 3.8) is 0 Å². The van der Waals surface area contributed by atoms with E-state index in [4.69, 9.17) is 72.7 Å². The fourth-order valence-electron chi connectivity index (χ4n) is 19.5. The highest BCUT2D eigenvalue weighted by atomic mass is 28.4. The first-order valence-electron chi connectivity index (χ1n) is 40.7. The second-order valence-corrected chi connectivity index (χ2v) is 89.7. The molecular formula is C77H154O19Si10. The van der Waals surface area contributed by atoms with Crippen LogP contribution in [0.25, 0.3) is 0 Å². The highest BCUT2D eigenvalue weighted by Gasteiger charge is 2.68. The predicted molar refractivity (Wildman–Crippen MR) is 448 cm³/mol. The lowest BCUT2D eigenvalue weighted by Gasteiger charge is -2.68. The Kier molecular flexibility index (Phi) is 27.9. The maximum Gasteiger partial charge on any atom is 0.335 e.